The molecule has 0 radical (unpaired) electrons. The fraction of sp³-hybridized carbons (Fsp3) is 1.00. The van der Waals surface area contributed by atoms with Gasteiger partial charge in [0.25, 0.3) is 10.2 Å². The van der Waals surface area contributed by atoms with Crippen LogP contribution in [0.3, 0.4) is 0 Å². The average molecular weight is 321 g/mol. The molecule has 6 nitrogen and oxygen atoms in total. The first-order valence-corrected chi connectivity index (χ1v) is 9.65. The van der Waals surface area contributed by atoms with Gasteiger partial charge in [-0.3, -0.25) is 0 Å². The molecule has 1 aliphatic rings. The highest BCUT2D eigenvalue weighted by Crippen LogP contribution is 2.18. The van der Waals surface area contributed by atoms with E-state index < -0.39 is 10.2 Å². The van der Waals surface area contributed by atoms with Crippen LogP contribution in [0.15, 0.2) is 0 Å². The Kier molecular flexibility index (Phi) is 8.73. The van der Waals surface area contributed by atoms with Crippen LogP contribution >= 0.6 is 0 Å². The number of rotatable bonds is 10. The number of likely N-dealkylation sites (N-methyl/N-ethyl adjacent to an activating group) is 1. The van der Waals surface area contributed by atoms with Gasteiger partial charge in [-0.2, -0.15) is 12.7 Å². The number of piperidine rings is 1. The molecule has 0 bridgehead atoms. The molecule has 1 fully saturated rings. The third-order valence-electron chi connectivity index (χ3n) is 4.20. The maximum Gasteiger partial charge on any atom is 0.279 e. The van der Waals surface area contributed by atoms with Crippen molar-refractivity contribution in [3.8, 4) is 0 Å². The fourth-order valence-corrected chi connectivity index (χ4v) is 3.89. The van der Waals surface area contributed by atoms with Crippen LogP contribution in [0.25, 0.3) is 0 Å². The molecule has 0 spiro atoms. The molecule has 1 saturated heterocycles. The van der Waals surface area contributed by atoms with E-state index in [1.807, 2.05) is 0 Å². The van der Waals surface area contributed by atoms with Crippen LogP contribution in [-0.4, -0.2) is 70.0 Å². The molecule has 1 heterocycles. The molecule has 0 atom stereocenters. The van der Waals surface area contributed by atoms with E-state index in [0.717, 1.165) is 45.6 Å². The number of hydrogen-bond acceptors (Lipinski definition) is 4. The molecule has 0 saturated carbocycles. The Morgan fingerprint density at radius 2 is 1.76 bits per heavy atom. The van der Waals surface area contributed by atoms with Crippen LogP contribution in [0, 0.1) is 5.92 Å². The van der Waals surface area contributed by atoms with Gasteiger partial charge in [0.05, 0.1) is 0 Å². The fourth-order valence-electron chi connectivity index (χ4n) is 2.67. The molecule has 7 heteroatoms. The highest BCUT2D eigenvalue weighted by Gasteiger charge is 2.27. The van der Waals surface area contributed by atoms with Crippen molar-refractivity contribution < 1.29 is 8.42 Å². The summed E-state index contributed by atoms with van der Waals surface area (Å²) in [5.41, 5.74) is 0. The van der Waals surface area contributed by atoms with Crippen LogP contribution < -0.4 is 10.0 Å². The molecule has 0 unspecified atom stereocenters. The van der Waals surface area contributed by atoms with E-state index in [1.54, 1.807) is 4.31 Å². The first-order valence-electron chi connectivity index (χ1n) is 8.21. The van der Waals surface area contributed by atoms with Crippen molar-refractivity contribution in [3.05, 3.63) is 0 Å². The smallest absolute Gasteiger partial charge is 0.279 e. The summed E-state index contributed by atoms with van der Waals surface area (Å²) in [6.07, 6.45) is 1.90. The Morgan fingerprint density at radius 1 is 1.14 bits per heavy atom. The largest absolute Gasteiger partial charge is 0.317 e. The lowest BCUT2D eigenvalue weighted by Gasteiger charge is -2.31. The zero-order valence-electron chi connectivity index (χ0n) is 13.8. The van der Waals surface area contributed by atoms with Gasteiger partial charge in [0, 0.05) is 26.2 Å². The first kappa shape index (κ1) is 18.8. The Hall–Kier alpha value is -0.210. The second kappa shape index (κ2) is 9.74. The summed E-state index contributed by atoms with van der Waals surface area (Å²) in [6.45, 7) is 12.7. The van der Waals surface area contributed by atoms with Gasteiger partial charge in [0.1, 0.15) is 0 Å². The van der Waals surface area contributed by atoms with Crippen LogP contribution in [0.2, 0.25) is 0 Å². The van der Waals surface area contributed by atoms with E-state index in [2.05, 4.69) is 35.7 Å². The molecule has 1 aliphatic heterocycles. The minimum absolute atomic E-state index is 0.487. The second-order valence-corrected chi connectivity index (χ2v) is 7.33. The molecule has 0 aromatic rings. The summed E-state index contributed by atoms with van der Waals surface area (Å²) < 4.78 is 28.8. The van der Waals surface area contributed by atoms with Crippen molar-refractivity contribution in [1.82, 2.24) is 19.2 Å². The Morgan fingerprint density at radius 3 is 2.29 bits per heavy atom. The molecular weight excluding hydrogens is 288 g/mol. The van der Waals surface area contributed by atoms with E-state index in [9.17, 15) is 8.42 Å². The first-order chi connectivity index (χ1) is 10.0. The summed E-state index contributed by atoms with van der Waals surface area (Å²) in [7, 11) is -3.30. The third kappa shape index (κ3) is 6.61. The van der Waals surface area contributed by atoms with E-state index in [-0.39, 0.29) is 0 Å². The molecule has 126 valence electrons. The van der Waals surface area contributed by atoms with E-state index in [1.165, 1.54) is 0 Å². The van der Waals surface area contributed by atoms with Crippen molar-refractivity contribution in [1.29, 1.82) is 0 Å². The van der Waals surface area contributed by atoms with Gasteiger partial charge in [0.2, 0.25) is 0 Å². The van der Waals surface area contributed by atoms with Gasteiger partial charge in [-0.1, -0.05) is 20.8 Å². The van der Waals surface area contributed by atoms with Crippen LogP contribution in [0.5, 0.6) is 0 Å². The maximum atomic E-state index is 12.2. The number of nitrogens with one attached hydrogen (secondary N) is 2. The predicted molar refractivity (Wildman–Crippen MR) is 87.6 cm³/mol. The van der Waals surface area contributed by atoms with Crippen molar-refractivity contribution in [3.63, 3.8) is 0 Å². The SMILES string of the molecule is CCNCC1CCN(S(=O)(=O)NCCN(CC)CC)CC1. The number of hydrogen-bond donors (Lipinski definition) is 2. The van der Waals surface area contributed by atoms with Crippen molar-refractivity contribution in [2.24, 2.45) is 5.92 Å². The van der Waals surface area contributed by atoms with Crippen molar-refractivity contribution in [2.45, 2.75) is 33.6 Å². The van der Waals surface area contributed by atoms with E-state index in [0.29, 0.717) is 25.6 Å². The van der Waals surface area contributed by atoms with Crippen molar-refractivity contribution in [2.75, 3.05) is 52.4 Å². The maximum absolute atomic E-state index is 12.2. The molecule has 0 aromatic heterocycles. The topological polar surface area (TPSA) is 64.7 Å². The molecule has 2 N–H and O–H groups in total. The second-order valence-electron chi connectivity index (χ2n) is 5.58. The predicted octanol–water partition coefficient (Wildman–Crippen LogP) is 0.484. The van der Waals surface area contributed by atoms with Crippen LogP contribution in [0.1, 0.15) is 33.6 Å². The Labute approximate surface area is 130 Å². The molecule has 0 amide bonds. The van der Waals surface area contributed by atoms with Gasteiger partial charge < -0.3 is 10.2 Å². The van der Waals surface area contributed by atoms with Gasteiger partial charge in [-0.05, 0) is 44.9 Å². The van der Waals surface area contributed by atoms with Crippen LogP contribution in [0.4, 0.5) is 0 Å². The highest BCUT2D eigenvalue weighted by atomic mass is 32.2. The molecule has 21 heavy (non-hydrogen) atoms. The monoisotopic (exact) mass is 320 g/mol. The summed E-state index contributed by atoms with van der Waals surface area (Å²) in [4.78, 5) is 2.21. The Bertz CT molecular complexity index is 363. The lowest BCUT2D eigenvalue weighted by Crippen LogP contribution is -2.47. The van der Waals surface area contributed by atoms with E-state index in [4.69, 9.17) is 0 Å². The molecule has 1 rings (SSSR count). The summed E-state index contributed by atoms with van der Waals surface area (Å²) >= 11 is 0. The van der Waals surface area contributed by atoms with Gasteiger partial charge in [-0.15, -0.1) is 0 Å². The number of nitrogens with zero attached hydrogens (tertiary/aromatic N) is 2. The third-order valence-corrected chi connectivity index (χ3v) is 5.82. The summed E-state index contributed by atoms with van der Waals surface area (Å²) in [5.74, 6) is 0.604. The van der Waals surface area contributed by atoms with Gasteiger partial charge in [0.15, 0.2) is 0 Å². The minimum atomic E-state index is -3.30. The van der Waals surface area contributed by atoms with Gasteiger partial charge >= 0.3 is 0 Å². The normalized spacial score (nSPS) is 18.5. The van der Waals surface area contributed by atoms with Crippen LogP contribution in [-0.2, 0) is 10.2 Å². The highest BCUT2D eigenvalue weighted by molar-refractivity contribution is 7.87. The van der Waals surface area contributed by atoms with Gasteiger partial charge in [-0.25, -0.2) is 4.72 Å². The summed E-state index contributed by atoms with van der Waals surface area (Å²) in [6, 6.07) is 0. The molecule has 0 aromatic carbocycles. The minimum Gasteiger partial charge on any atom is -0.317 e. The molecular formula is C14H32N4O2S. The zero-order valence-corrected chi connectivity index (χ0v) is 14.6. The van der Waals surface area contributed by atoms with Crippen molar-refractivity contribution >= 4 is 10.2 Å². The average Bonchev–Trinajstić information content (AvgIpc) is 2.50. The quantitative estimate of drug-likeness (QED) is 0.615. The van der Waals surface area contributed by atoms with E-state index >= 15 is 0 Å². The lowest BCUT2D eigenvalue weighted by atomic mass is 9.98. The lowest BCUT2D eigenvalue weighted by molar-refractivity contribution is 0.264. The Balaban J connectivity index is 2.32. The summed E-state index contributed by atoms with van der Waals surface area (Å²) in [5, 5.41) is 3.34. The standard InChI is InChI=1S/C14H32N4O2S/c1-4-15-13-14-7-10-18(11-8-14)21(19,20)16-9-12-17(5-2)6-3/h14-16H,4-13H2,1-3H3. The zero-order chi connectivity index (χ0) is 15.7. The molecule has 0 aliphatic carbocycles.